The first kappa shape index (κ1) is 9.77. The second kappa shape index (κ2) is 4.07. The highest BCUT2D eigenvalue weighted by atomic mass is 35.5. The van der Waals surface area contributed by atoms with Gasteiger partial charge in [-0.1, -0.05) is 11.6 Å². The summed E-state index contributed by atoms with van der Waals surface area (Å²) >= 11 is 6.51. The average Bonchev–Trinajstić information content (AvgIpc) is 2.42. The van der Waals surface area contributed by atoms with Crippen LogP contribution in [0.15, 0.2) is 0 Å². The standard InChI is InChI=1S/C6H4ClN3O2S/c7-5-3(1-8)6(13-10-5)9-2-4(11)12/h9H,2H2,(H,11,12). The molecule has 0 aromatic carbocycles. The molecule has 1 aromatic heterocycles. The summed E-state index contributed by atoms with van der Waals surface area (Å²) in [6.07, 6.45) is 0. The van der Waals surface area contributed by atoms with E-state index in [1.807, 2.05) is 6.07 Å². The number of aromatic nitrogens is 1. The summed E-state index contributed by atoms with van der Waals surface area (Å²) in [7, 11) is 0. The van der Waals surface area contributed by atoms with Gasteiger partial charge in [0.2, 0.25) is 0 Å². The third-order valence-electron chi connectivity index (χ3n) is 1.16. The van der Waals surface area contributed by atoms with E-state index >= 15 is 0 Å². The number of nitrogens with one attached hydrogen (secondary N) is 1. The van der Waals surface area contributed by atoms with Crippen LogP contribution >= 0.6 is 23.1 Å². The molecule has 0 aliphatic heterocycles. The molecule has 1 aromatic rings. The molecule has 0 aliphatic carbocycles. The fourth-order valence-electron chi connectivity index (χ4n) is 0.644. The van der Waals surface area contributed by atoms with E-state index in [4.69, 9.17) is 22.0 Å². The third-order valence-corrected chi connectivity index (χ3v) is 2.34. The summed E-state index contributed by atoms with van der Waals surface area (Å²) in [4.78, 5) is 10.2. The van der Waals surface area contributed by atoms with Crippen molar-refractivity contribution in [1.82, 2.24) is 4.37 Å². The first-order valence-corrected chi connectivity index (χ1v) is 4.31. The third kappa shape index (κ3) is 2.31. The number of anilines is 1. The number of aliphatic carboxylic acids is 1. The zero-order valence-corrected chi connectivity index (χ0v) is 7.82. The molecular formula is C6H4ClN3O2S. The number of carbonyl (C=O) groups is 1. The molecule has 0 fully saturated rings. The van der Waals surface area contributed by atoms with E-state index in [2.05, 4.69) is 9.69 Å². The minimum absolute atomic E-state index is 0.0976. The van der Waals surface area contributed by atoms with E-state index in [0.29, 0.717) is 5.00 Å². The number of hydrogen-bond acceptors (Lipinski definition) is 5. The number of nitriles is 1. The van der Waals surface area contributed by atoms with Gasteiger partial charge in [0.1, 0.15) is 23.2 Å². The van der Waals surface area contributed by atoms with Crippen LogP contribution in [0.3, 0.4) is 0 Å². The van der Waals surface area contributed by atoms with Crippen molar-refractivity contribution in [3.8, 4) is 6.07 Å². The molecular weight excluding hydrogens is 214 g/mol. The van der Waals surface area contributed by atoms with Crippen LogP contribution < -0.4 is 5.32 Å². The molecule has 0 unspecified atom stereocenters. The largest absolute Gasteiger partial charge is 0.480 e. The molecule has 68 valence electrons. The Hall–Kier alpha value is -1.32. The fraction of sp³-hybridized carbons (Fsp3) is 0.167. The number of hydrogen-bond donors (Lipinski definition) is 2. The quantitative estimate of drug-likeness (QED) is 0.794. The van der Waals surface area contributed by atoms with Crippen LogP contribution in [-0.4, -0.2) is 22.0 Å². The lowest BCUT2D eigenvalue weighted by Crippen LogP contribution is -2.11. The van der Waals surface area contributed by atoms with Gasteiger partial charge < -0.3 is 10.4 Å². The number of carboxylic acid groups (broad SMARTS) is 1. The second-order valence-corrected chi connectivity index (χ2v) is 3.17. The number of halogens is 1. The van der Waals surface area contributed by atoms with E-state index in [1.54, 1.807) is 0 Å². The Morgan fingerprint density at radius 3 is 3.08 bits per heavy atom. The maximum Gasteiger partial charge on any atom is 0.322 e. The Balaban J connectivity index is 2.78. The number of carboxylic acids is 1. The maximum absolute atomic E-state index is 10.2. The SMILES string of the molecule is N#Cc1c(Cl)nsc1NCC(=O)O. The Bertz CT molecular complexity index is 370. The second-order valence-electron chi connectivity index (χ2n) is 2.04. The molecule has 0 saturated carbocycles. The highest BCUT2D eigenvalue weighted by molar-refractivity contribution is 7.10. The predicted molar refractivity (Wildman–Crippen MR) is 48.0 cm³/mol. The van der Waals surface area contributed by atoms with Crippen LogP contribution in [0.25, 0.3) is 0 Å². The van der Waals surface area contributed by atoms with Crippen molar-refractivity contribution >= 4 is 34.1 Å². The van der Waals surface area contributed by atoms with Gasteiger partial charge in [0.25, 0.3) is 0 Å². The molecule has 7 heteroatoms. The minimum Gasteiger partial charge on any atom is -0.480 e. The molecule has 5 nitrogen and oxygen atoms in total. The topological polar surface area (TPSA) is 86.0 Å². The van der Waals surface area contributed by atoms with Crippen LogP contribution in [0.1, 0.15) is 5.56 Å². The van der Waals surface area contributed by atoms with E-state index < -0.39 is 5.97 Å². The van der Waals surface area contributed by atoms with Crippen molar-refractivity contribution in [3.63, 3.8) is 0 Å². The van der Waals surface area contributed by atoms with Gasteiger partial charge in [-0.3, -0.25) is 4.79 Å². The maximum atomic E-state index is 10.2. The van der Waals surface area contributed by atoms with Gasteiger partial charge in [-0.25, -0.2) is 0 Å². The Morgan fingerprint density at radius 1 is 1.85 bits per heavy atom. The molecule has 1 rings (SSSR count). The molecule has 2 N–H and O–H groups in total. The summed E-state index contributed by atoms with van der Waals surface area (Å²) in [5.41, 5.74) is 0.188. The Kier molecular flexibility index (Phi) is 3.06. The van der Waals surface area contributed by atoms with Crippen LogP contribution in [0, 0.1) is 11.3 Å². The van der Waals surface area contributed by atoms with Gasteiger partial charge in [0, 0.05) is 0 Å². The van der Waals surface area contributed by atoms with E-state index in [-0.39, 0.29) is 17.3 Å². The van der Waals surface area contributed by atoms with E-state index in [9.17, 15) is 4.79 Å². The number of nitrogens with zero attached hydrogens (tertiary/aromatic N) is 2. The first-order valence-electron chi connectivity index (χ1n) is 3.16. The van der Waals surface area contributed by atoms with Crippen molar-refractivity contribution in [1.29, 1.82) is 5.26 Å². The average molecular weight is 218 g/mol. The van der Waals surface area contributed by atoms with Crippen LogP contribution in [0.5, 0.6) is 0 Å². The first-order chi connectivity index (χ1) is 6.15. The Labute approximate surface area is 82.7 Å². The normalized spacial score (nSPS) is 9.23. The smallest absolute Gasteiger partial charge is 0.322 e. The van der Waals surface area contributed by atoms with Crippen molar-refractivity contribution < 1.29 is 9.90 Å². The summed E-state index contributed by atoms with van der Waals surface area (Å²) in [6, 6.07) is 1.83. The van der Waals surface area contributed by atoms with Gasteiger partial charge in [-0.2, -0.15) is 9.64 Å². The number of rotatable bonds is 3. The molecule has 0 bridgehead atoms. The van der Waals surface area contributed by atoms with Crippen LogP contribution in [0.4, 0.5) is 5.00 Å². The predicted octanol–water partition coefficient (Wildman–Crippen LogP) is 1.16. The van der Waals surface area contributed by atoms with E-state index in [0.717, 1.165) is 11.5 Å². The molecule has 13 heavy (non-hydrogen) atoms. The van der Waals surface area contributed by atoms with Crippen molar-refractivity contribution in [3.05, 3.63) is 10.7 Å². The summed E-state index contributed by atoms with van der Waals surface area (Å²) in [5, 5.41) is 20.0. The van der Waals surface area contributed by atoms with Gasteiger partial charge in [-0.05, 0) is 11.5 Å². The molecule has 0 amide bonds. The lowest BCUT2D eigenvalue weighted by atomic mass is 10.4. The van der Waals surface area contributed by atoms with E-state index in [1.165, 1.54) is 0 Å². The molecule has 0 saturated heterocycles. The van der Waals surface area contributed by atoms with Gasteiger partial charge in [-0.15, -0.1) is 0 Å². The van der Waals surface area contributed by atoms with Crippen LogP contribution in [-0.2, 0) is 4.79 Å². The molecule has 0 aliphatic rings. The van der Waals surface area contributed by atoms with Gasteiger partial charge in [0.05, 0.1) is 0 Å². The fourth-order valence-corrected chi connectivity index (χ4v) is 1.57. The molecule has 0 radical (unpaired) electrons. The van der Waals surface area contributed by atoms with Crippen molar-refractivity contribution in [2.75, 3.05) is 11.9 Å². The highest BCUT2D eigenvalue weighted by Gasteiger charge is 2.11. The van der Waals surface area contributed by atoms with Gasteiger partial charge >= 0.3 is 5.97 Å². The minimum atomic E-state index is -1.01. The lowest BCUT2D eigenvalue weighted by molar-refractivity contribution is -0.134. The zero-order valence-electron chi connectivity index (χ0n) is 6.24. The lowest BCUT2D eigenvalue weighted by Gasteiger charge is -1.97. The highest BCUT2D eigenvalue weighted by Crippen LogP contribution is 2.26. The zero-order chi connectivity index (χ0) is 9.84. The molecule has 0 spiro atoms. The van der Waals surface area contributed by atoms with Crippen LogP contribution in [0.2, 0.25) is 5.15 Å². The Morgan fingerprint density at radius 2 is 2.54 bits per heavy atom. The summed E-state index contributed by atoms with van der Waals surface area (Å²) in [6.45, 7) is -0.257. The summed E-state index contributed by atoms with van der Waals surface area (Å²) < 4.78 is 3.69. The summed E-state index contributed by atoms with van der Waals surface area (Å²) in [5.74, 6) is -1.01. The molecule has 1 heterocycles. The van der Waals surface area contributed by atoms with Crippen molar-refractivity contribution in [2.45, 2.75) is 0 Å². The van der Waals surface area contributed by atoms with Crippen molar-refractivity contribution in [2.24, 2.45) is 0 Å². The monoisotopic (exact) mass is 217 g/mol. The molecule has 0 atom stereocenters. The van der Waals surface area contributed by atoms with Gasteiger partial charge in [0.15, 0.2) is 5.15 Å².